The Balaban J connectivity index is 1.56. The Morgan fingerprint density at radius 1 is 1.00 bits per heavy atom. The van der Waals surface area contributed by atoms with Gasteiger partial charge in [-0.05, 0) is 51.7 Å². The molecule has 3 heterocycles. The average Bonchev–Trinajstić information content (AvgIpc) is 2.93. The summed E-state index contributed by atoms with van der Waals surface area (Å²) in [5.41, 5.74) is 1.97. The van der Waals surface area contributed by atoms with E-state index >= 15 is 0 Å². The molecular weight excluding hydrogens is 284 g/mol. The average molecular weight is 310 g/mol. The molecule has 2 aliphatic rings. The predicted molar refractivity (Wildman–Crippen MR) is 94.8 cm³/mol. The maximum Gasteiger partial charge on any atom is 0.147 e. The molecule has 4 rings (SSSR count). The van der Waals surface area contributed by atoms with E-state index < -0.39 is 0 Å². The van der Waals surface area contributed by atoms with E-state index in [-0.39, 0.29) is 0 Å². The number of para-hydroxylation sites is 2. The van der Waals surface area contributed by atoms with Crippen molar-refractivity contribution in [3.63, 3.8) is 0 Å². The SMILES string of the molecule is C[C@@H]1CC[C@@H](C)N1[C@@H]1CCCN(c2cnc3ccccc3n2)C1. The van der Waals surface area contributed by atoms with Gasteiger partial charge in [0.15, 0.2) is 0 Å². The molecule has 122 valence electrons. The second kappa shape index (κ2) is 6.08. The summed E-state index contributed by atoms with van der Waals surface area (Å²) in [6.45, 7) is 6.96. The zero-order chi connectivity index (χ0) is 15.8. The molecule has 2 fully saturated rings. The van der Waals surface area contributed by atoms with Gasteiger partial charge < -0.3 is 4.90 Å². The number of hydrogen-bond acceptors (Lipinski definition) is 4. The Labute approximate surface area is 138 Å². The molecule has 0 saturated carbocycles. The van der Waals surface area contributed by atoms with Crippen LogP contribution < -0.4 is 4.90 Å². The molecule has 2 aliphatic heterocycles. The van der Waals surface area contributed by atoms with Crippen molar-refractivity contribution in [2.75, 3.05) is 18.0 Å². The highest BCUT2D eigenvalue weighted by molar-refractivity contribution is 5.75. The van der Waals surface area contributed by atoms with Crippen LogP contribution in [0.25, 0.3) is 11.0 Å². The van der Waals surface area contributed by atoms with Crippen molar-refractivity contribution in [2.45, 2.75) is 57.7 Å². The number of nitrogens with zero attached hydrogens (tertiary/aromatic N) is 4. The third-order valence-corrected chi connectivity index (χ3v) is 5.60. The first kappa shape index (κ1) is 14.9. The molecule has 4 nitrogen and oxygen atoms in total. The first-order chi connectivity index (χ1) is 11.2. The van der Waals surface area contributed by atoms with E-state index in [0.717, 1.165) is 42.0 Å². The lowest BCUT2D eigenvalue weighted by Crippen LogP contribution is -2.51. The van der Waals surface area contributed by atoms with Gasteiger partial charge in [-0.1, -0.05) is 12.1 Å². The number of piperidine rings is 1. The number of rotatable bonds is 2. The summed E-state index contributed by atoms with van der Waals surface area (Å²) < 4.78 is 0. The van der Waals surface area contributed by atoms with Gasteiger partial charge in [0.1, 0.15) is 5.82 Å². The lowest BCUT2D eigenvalue weighted by Gasteiger charge is -2.41. The third-order valence-electron chi connectivity index (χ3n) is 5.60. The normalized spacial score (nSPS) is 29.3. The summed E-state index contributed by atoms with van der Waals surface area (Å²) >= 11 is 0. The Hall–Kier alpha value is -1.68. The van der Waals surface area contributed by atoms with Crippen molar-refractivity contribution in [3.8, 4) is 0 Å². The third kappa shape index (κ3) is 2.80. The molecule has 4 heteroatoms. The summed E-state index contributed by atoms with van der Waals surface area (Å²) in [4.78, 5) is 14.6. The number of benzene rings is 1. The molecule has 1 aromatic carbocycles. The molecule has 2 saturated heterocycles. The number of hydrogen-bond donors (Lipinski definition) is 0. The van der Waals surface area contributed by atoms with Gasteiger partial charge >= 0.3 is 0 Å². The molecule has 2 aromatic rings. The molecule has 0 N–H and O–H groups in total. The zero-order valence-electron chi connectivity index (χ0n) is 14.2. The standard InChI is InChI=1S/C19H26N4/c1-14-9-10-15(2)23(14)16-6-5-11-22(13-16)19-12-20-17-7-3-4-8-18(17)21-19/h3-4,7-8,12,14-16H,5-6,9-11,13H2,1-2H3/t14-,15-,16-/m1/s1. The van der Waals surface area contributed by atoms with Crippen LogP contribution in [0.2, 0.25) is 0 Å². The van der Waals surface area contributed by atoms with Gasteiger partial charge in [0, 0.05) is 31.2 Å². The minimum atomic E-state index is 0.657. The van der Waals surface area contributed by atoms with Crippen LogP contribution in [0.3, 0.4) is 0 Å². The van der Waals surface area contributed by atoms with Crippen molar-refractivity contribution < 1.29 is 0 Å². The van der Waals surface area contributed by atoms with Gasteiger partial charge in [-0.15, -0.1) is 0 Å². The minimum absolute atomic E-state index is 0.657. The van der Waals surface area contributed by atoms with E-state index in [2.05, 4.69) is 34.7 Å². The van der Waals surface area contributed by atoms with E-state index in [4.69, 9.17) is 4.98 Å². The Kier molecular flexibility index (Phi) is 3.93. The van der Waals surface area contributed by atoms with Crippen LogP contribution in [0.15, 0.2) is 30.5 Å². The molecule has 1 aromatic heterocycles. The first-order valence-electron chi connectivity index (χ1n) is 8.96. The summed E-state index contributed by atoms with van der Waals surface area (Å²) in [6, 6.07) is 10.2. The topological polar surface area (TPSA) is 32.3 Å². The quantitative estimate of drug-likeness (QED) is 0.850. The zero-order valence-corrected chi connectivity index (χ0v) is 14.2. The van der Waals surface area contributed by atoms with E-state index in [9.17, 15) is 0 Å². The molecule has 23 heavy (non-hydrogen) atoms. The molecule has 0 bridgehead atoms. The first-order valence-corrected chi connectivity index (χ1v) is 8.96. The molecule has 3 atom stereocenters. The fraction of sp³-hybridized carbons (Fsp3) is 0.579. The van der Waals surface area contributed by atoms with Crippen LogP contribution in [0.5, 0.6) is 0 Å². The van der Waals surface area contributed by atoms with E-state index in [1.54, 1.807) is 0 Å². The van der Waals surface area contributed by atoms with Crippen LogP contribution in [0, 0.1) is 0 Å². The fourth-order valence-corrected chi connectivity index (χ4v) is 4.44. The van der Waals surface area contributed by atoms with E-state index in [1.165, 1.54) is 25.7 Å². The van der Waals surface area contributed by atoms with Gasteiger partial charge in [-0.25, -0.2) is 4.98 Å². The summed E-state index contributed by atoms with van der Waals surface area (Å²) in [7, 11) is 0. The van der Waals surface area contributed by atoms with Gasteiger partial charge in [-0.3, -0.25) is 9.88 Å². The lowest BCUT2D eigenvalue weighted by atomic mass is 10.0. The number of anilines is 1. The second-order valence-corrected chi connectivity index (χ2v) is 7.18. The largest absolute Gasteiger partial charge is 0.354 e. The molecular formula is C19H26N4. The van der Waals surface area contributed by atoms with Crippen LogP contribution in [0.4, 0.5) is 5.82 Å². The Bertz CT molecular complexity index is 676. The maximum atomic E-state index is 4.84. The molecule has 0 amide bonds. The molecule has 0 aliphatic carbocycles. The molecule has 0 radical (unpaired) electrons. The number of likely N-dealkylation sites (tertiary alicyclic amines) is 1. The smallest absolute Gasteiger partial charge is 0.147 e. The van der Waals surface area contributed by atoms with Crippen LogP contribution in [-0.2, 0) is 0 Å². The Morgan fingerprint density at radius 2 is 1.74 bits per heavy atom. The van der Waals surface area contributed by atoms with Gasteiger partial charge in [0.25, 0.3) is 0 Å². The van der Waals surface area contributed by atoms with Gasteiger partial charge in [0.2, 0.25) is 0 Å². The van der Waals surface area contributed by atoms with Gasteiger partial charge in [-0.2, -0.15) is 0 Å². The summed E-state index contributed by atoms with van der Waals surface area (Å²) in [6.07, 6.45) is 7.18. The van der Waals surface area contributed by atoms with Crippen molar-refractivity contribution >= 4 is 16.9 Å². The maximum absolute atomic E-state index is 4.84. The summed E-state index contributed by atoms with van der Waals surface area (Å²) in [5, 5.41) is 0. The second-order valence-electron chi connectivity index (χ2n) is 7.18. The highest BCUT2D eigenvalue weighted by atomic mass is 15.3. The Morgan fingerprint density at radius 3 is 2.52 bits per heavy atom. The van der Waals surface area contributed by atoms with E-state index in [1.807, 2.05) is 24.4 Å². The number of aromatic nitrogens is 2. The van der Waals surface area contributed by atoms with Crippen LogP contribution in [0.1, 0.15) is 39.5 Å². The summed E-state index contributed by atoms with van der Waals surface area (Å²) in [5.74, 6) is 1.04. The number of fused-ring (bicyclic) bond motifs is 1. The molecule has 0 spiro atoms. The van der Waals surface area contributed by atoms with Crippen LogP contribution in [-0.4, -0.2) is 46.1 Å². The predicted octanol–water partition coefficient (Wildman–Crippen LogP) is 3.47. The fourth-order valence-electron chi connectivity index (χ4n) is 4.44. The molecule has 0 unspecified atom stereocenters. The van der Waals surface area contributed by atoms with Crippen molar-refractivity contribution in [1.82, 2.24) is 14.9 Å². The minimum Gasteiger partial charge on any atom is -0.354 e. The van der Waals surface area contributed by atoms with E-state index in [0.29, 0.717) is 6.04 Å². The lowest BCUT2D eigenvalue weighted by molar-refractivity contribution is 0.129. The highest BCUT2D eigenvalue weighted by Crippen LogP contribution is 2.31. The van der Waals surface area contributed by atoms with Gasteiger partial charge in [0.05, 0.1) is 17.2 Å². The van der Waals surface area contributed by atoms with Crippen molar-refractivity contribution in [2.24, 2.45) is 0 Å². The van der Waals surface area contributed by atoms with Crippen molar-refractivity contribution in [3.05, 3.63) is 30.5 Å². The monoisotopic (exact) mass is 310 g/mol. The van der Waals surface area contributed by atoms with Crippen LogP contribution >= 0.6 is 0 Å². The van der Waals surface area contributed by atoms with Crippen molar-refractivity contribution in [1.29, 1.82) is 0 Å². The highest BCUT2D eigenvalue weighted by Gasteiger charge is 2.35.